The topological polar surface area (TPSA) is 56.7 Å². The molecule has 0 radical (unpaired) electrons. The van der Waals surface area contributed by atoms with Crippen molar-refractivity contribution in [3.05, 3.63) is 33.9 Å². The maximum Gasteiger partial charge on any atom is 0.169 e. The van der Waals surface area contributed by atoms with Crippen LogP contribution in [0.3, 0.4) is 0 Å². The number of hydrogen-bond donors (Lipinski definition) is 1. The quantitative estimate of drug-likeness (QED) is 0.836. The van der Waals surface area contributed by atoms with Gasteiger partial charge in [0.15, 0.2) is 5.82 Å². The average Bonchev–Trinajstić information content (AvgIpc) is 2.51. The first-order valence-electron chi connectivity index (χ1n) is 4.23. The van der Waals surface area contributed by atoms with Gasteiger partial charge in [0.25, 0.3) is 0 Å². The normalized spacial score (nSPS) is 10.6. The minimum Gasteiger partial charge on any atom is -0.381 e. The highest BCUT2D eigenvalue weighted by molar-refractivity contribution is 6.34. The van der Waals surface area contributed by atoms with Crippen LogP contribution in [0, 0.1) is 6.92 Å². The number of benzene rings is 1. The minimum absolute atomic E-state index is 0.381. The second kappa shape index (κ2) is 3.72. The Hall–Kier alpha value is -1.26. The first kappa shape index (κ1) is 10.3. The minimum atomic E-state index is 0.381. The van der Waals surface area contributed by atoms with Crippen LogP contribution in [0.2, 0.25) is 10.0 Å². The summed E-state index contributed by atoms with van der Waals surface area (Å²) in [6.45, 7) is 1.78. The van der Waals surface area contributed by atoms with E-state index in [-0.39, 0.29) is 0 Å². The molecule has 2 rings (SSSR count). The fourth-order valence-corrected chi connectivity index (χ4v) is 1.50. The summed E-state index contributed by atoms with van der Waals surface area (Å²) in [5.74, 6) is 0.381. The summed E-state index contributed by atoms with van der Waals surface area (Å²) < 4.78 is 0. The molecule has 1 heterocycles. The highest BCUT2D eigenvalue weighted by Crippen LogP contribution is 2.23. The Morgan fingerprint density at radius 2 is 2.00 bits per heavy atom. The van der Waals surface area contributed by atoms with E-state index >= 15 is 0 Å². The van der Waals surface area contributed by atoms with Crippen molar-refractivity contribution >= 4 is 29.0 Å². The van der Waals surface area contributed by atoms with Crippen molar-refractivity contribution in [1.29, 1.82) is 0 Å². The van der Waals surface area contributed by atoms with Crippen LogP contribution in [0.25, 0.3) is 5.69 Å². The van der Waals surface area contributed by atoms with E-state index < -0.39 is 0 Å². The number of nitrogens with zero attached hydrogens (tertiary/aromatic N) is 3. The molecular weight excluding hydrogens is 235 g/mol. The fraction of sp³-hybridized carbons (Fsp3) is 0.111. The third-order valence-electron chi connectivity index (χ3n) is 1.94. The molecule has 2 N–H and O–H groups in total. The number of halogens is 2. The average molecular weight is 243 g/mol. The summed E-state index contributed by atoms with van der Waals surface area (Å²) in [6, 6.07) is 5.07. The Balaban J connectivity index is 2.58. The first-order chi connectivity index (χ1) is 7.08. The summed E-state index contributed by atoms with van der Waals surface area (Å²) in [6.07, 6.45) is 0. The highest BCUT2D eigenvalue weighted by Gasteiger charge is 2.08. The molecular formula is C9H8Cl2N4. The Morgan fingerprint density at radius 1 is 1.27 bits per heavy atom. The molecule has 0 spiro atoms. The Labute approximate surface area is 96.6 Å². The van der Waals surface area contributed by atoms with E-state index in [0.717, 1.165) is 0 Å². The maximum atomic E-state index is 5.99. The van der Waals surface area contributed by atoms with E-state index in [1.807, 2.05) is 0 Å². The predicted octanol–water partition coefficient (Wildman–Crippen LogP) is 2.46. The zero-order chi connectivity index (χ0) is 11.0. The summed E-state index contributed by atoms with van der Waals surface area (Å²) in [7, 11) is 0. The smallest absolute Gasteiger partial charge is 0.169 e. The van der Waals surface area contributed by atoms with Crippen LogP contribution in [0.1, 0.15) is 5.69 Å². The van der Waals surface area contributed by atoms with Crippen molar-refractivity contribution in [2.45, 2.75) is 6.92 Å². The number of aromatic nitrogens is 3. The van der Waals surface area contributed by atoms with Crippen molar-refractivity contribution < 1.29 is 0 Å². The molecule has 1 aromatic heterocycles. The number of hydrogen-bond acceptors (Lipinski definition) is 3. The zero-order valence-corrected chi connectivity index (χ0v) is 9.42. The third kappa shape index (κ3) is 1.91. The van der Waals surface area contributed by atoms with Crippen LogP contribution in [-0.2, 0) is 0 Å². The van der Waals surface area contributed by atoms with Crippen molar-refractivity contribution in [3.63, 3.8) is 0 Å². The van der Waals surface area contributed by atoms with Gasteiger partial charge in [-0.05, 0) is 25.1 Å². The van der Waals surface area contributed by atoms with Crippen LogP contribution in [0.5, 0.6) is 0 Å². The van der Waals surface area contributed by atoms with Gasteiger partial charge in [0, 0.05) is 5.02 Å². The number of anilines is 1. The van der Waals surface area contributed by atoms with Crippen LogP contribution in [-0.4, -0.2) is 15.0 Å². The zero-order valence-electron chi connectivity index (χ0n) is 7.91. The predicted molar refractivity (Wildman–Crippen MR) is 60.5 cm³/mol. The molecule has 0 saturated carbocycles. The van der Waals surface area contributed by atoms with Crippen molar-refractivity contribution in [1.82, 2.24) is 15.0 Å². The lowest BCUT2D eigenvalue weighted by atomic mass is 10.3. The molecule has 78 valence electrons. The molecule has 0 fully saturated rings. The fourth-order valence-electron chi connectivity index (χ4n) is 1.14. The Morgan fingerprint density at radius 3 is 2.60 bits per heavy atom. The van der Waals surface area contributed by atoms with Gasteiger partial charge in [0.2, 0.25) is 0 Å². The Bertz CT molecular complexity index is 487. The van der Waals surface area contributed by atoms with Gasteiger partial charge in [-0.2, -0.15) is 5.10 Å². The SMILES string of the molecule is Cc1nn(-c2cc(Cl)ccc2Cl)nc1N. The largest absolute Gasteiger partial charge is 0.381 e. The monoisotopic (exact) mass is 242 g/mol. The number of rotatable bonds is 1. The lowest BCUT2D eigenvalue weighted by Crippen LogP contribution is -2.00. The highest BCUT2D eigenvalue weighted by atomic mass is 35.5. The summed E-state index contributed by atoms with van der Waals surface area (Å²) in [4.78, 5) is 1.37. The summed E-state index contributed by atoms with van der Waals surface area (Å²) in [5, 5.41) is 9.24. The van der Waals surface area contributed by atoms with E-state index in [2.05, 4.69) is 10.2 Å². The number of aryl methyl sites for hydroxylation is 1. The number of nitrogen functional groups attached to an aromatic ring is 1. The number of nitrogens with two attached hydrogens (primary N) is 1. The molecule has 4 nitrogen and oxygen atoms in total. The van der Waals surface area contributed by atoms with Gasteiger partial charge < -0.3 is 5.73 Å². The van der Waals surface area contributed by atoms with Gasteiger partial charge in [0.05, 0.1) is 5.02 Å². The van der Waals surface area contributed by atoms with Gasteiger partial charge >= 0.3 is 0 Å². The standard InChI is InChI=1S/C9H8Cl2N4/c1-5-9(12)14-15(13-5)8-4-6(10)2-3-7(8)11/h2-4H,1H3,(H2,12,14). The van der Waals surface area contributed by atoms with Crippen molar-refractivity contribution in [3.8, 4) is 5.69 Å². The van der Waals surface area contributed by atoms with Gasteiger partial charge in [0.1, 0.15) is 11.4 Å². The van der Waals surface area contributed by atoms with Gasteiger partial charge in [-0.25, -0.2) is 0 Å². The molecule has 0 bridgehead atoms. The second-order valence-electron chi connectivity index (χ2n) is 3.06. The summed E-state index contributed by atoms with van der Waals surface area (Å²) in [5.41, 5.74) is 6.87. The molecule has 0 aliphatic heterocycles. The lowest BCUT2D eigenvalue weighted by Gasteiger charge is -2.02. The summed E-state index contributed by atoms with van der Waals surface area (Å²) >= 11 is 11.8. The van der Waals surface area contributed by atoms with Crippen molar-refractivity contribution in [2.24, 2.45) is 0 Å². The van der Waals surface area contributed by atoms with E-state index in [1.54, 1.807) is 25.1 Å². The van der Waals surface area contributed by atoms with E-state index in [9.17, 15) is 0 Å². The molecule has 15 heavy (non-hydrogen) atoms. The molecule has 0 unspecified atom stereocenters. The van der Waals surface area contributed by atoms with Gasteiger partial charge in [-0.15, -0.1) is 9.90 Å². The van der Waals surface area contributed by atoms with E-state index in [0.29, 0.717) is 27.2 Å². The van der Waals surface area contributed by atoms with Crippen LogP contribution in [0.15, 0.2) is 18.2 Å². The van der Waals surface area contributed by atoms with Gasteiger partial charge in [-0.3, -0.25) is 0 Å². The molecule has 1 aromatic carbocycles. The Kier molecular flexibility index (Phi) is 2.54. The molecule has 6 heteroatoms. The van der Waals surface area contributed by atoms with E-state index in [4.69, 9.17) is 28.9 Å². The molecule has 0 aliphatic rings. The van der Waals surface area contributed by atoms with Crippen LogP contribution < -0.4 is 5.73 Å². The van der Waals surface area contributed by atoms with Crippen LogP contribution >= 0.6 is 23.2 Å². The second-order valence-corrected chi connectivity index (χ2v) is 3.90. The first-order valence-corrected chi connectivity index (χ1v) is 4.98. The van der Waals surface area contributed by atoms with Crippen LogP contribution in [0.4, 0.5) is 5.82 Å². The third-order valence-corrected chi connectivity index (χ3v) is 2.50. The van der Waals surface area contributed by atoms with E-state index in [1.165, 1.54) is 4.80 Å². The molecule has 2 aromatic rings. The molecule has 0 saturated heterocycles. The van der Waals surface area contributed by atoms with Crippen molar-refractivity contribution in [2.75, 3.05) is 5.73 Å². The molecule has 0 aliphatic carbocycles. The molecule has 0 atom stereocenters. The van der Waals surface area contributed by atoms with Gasteiger partial charge in [-0.1, -0.05) is 23.2 Å². The lowest BCUT2D eigenvalue weighted by molar-refractivity contribution is 0.748. The maximum absolute atomic E-state index is 5.99. The molecule has 0 amide bonds.